The third-order valence-electron chi connectivity index (χ3n) is 3.78. The van der Waals surface area contributed by atoms with E-state index in [0.29, 0.717) is 6.04 Å². The number of aryl methyl sites for hydroxylation is 1. The molecule has 0 saturated carbocycles. The number of halogens is 2. The molecule has 3 rings (SSSR count). The Morgan fingerprint density at radius 3 is 2.84 bits per heavy atom. The third-order valence-corrected chi connectivity index (χ3v) is 4.42. The van der Waals surface area contributed by atoms with Crippen LogP contribution in [-0.4, -0.2) is 0 Å². The molecule has 0 aliphatic heterocycles. The Morgan fingerprint density at radius 1 is 1.16 bits per heavy atom. The standard InChI is InChI=1S/C16H15Cl2N/c1-10-14(18)3-2-4-15(10)19-16-8-5-11-9-12(17)6-7-13(11)16/h2-4,6-7,9,16,19H,5,8H2,1H3. The van der Waals surface area contributed by atoms with Gasteiger partial charge in [-0.25, -0.2) is 0 Å². The monoisotopic (exact) mass is 291 g/mol. The summed E-state index contributed by atoms with van der Waals surface area (Å²) in [7, 11) is 0. The van der Waals surface area contributed by atoms with Crippen LogP contribution in [0.3, 0.4) is 0 Å². The Balaban J connectivity index is 1.89. The van der Waals surface area contributed by atoms with Gasteiger partial charge in [0.25, 0.3) is 0 Å². The summed E-state index contributed by atoms with van der Waals surface area (Å²) in [4.78, 5) is 0. The minimum absolute atomic E-state index is 0.351. The second kappa shape index (κ2) is 5.07. The molecule has 0 heterocycles. The Bertz CT molecular complexity index is 622. The Kier molecular flexibility index (Phi) is 3.42. The SMILES string of the molecule is Cc1c(Cl)cccc1NC1CCc2cc(Cl)ccc21. The second-order valence-corrected chi connectivity index (χ2v) is 5.83. The van der Waals surface area contributed by atoms with Crippen LogP contribution in [0.1, 0.15) is 29.2 Å². The van der Waals surface area contributed by atoms with Gasteiger partial charge in [0.15, 0.2) is 0 Å². The first-order valence-electron chi connectivity index (χ1n) is 6.45. The zero-order chi connectivity index (χ0) is 13.4. The van der Waals surface area contributed by atoms with E-state index >= 15 is 0 Å². The molecule has 0 spiro atoms. The summed E-state index contributed by atoms with van der Waals surface area (Å²) in [6, 6.07) is 12.5. The number of nitrogens with one attached hydrogen (secondary N) is 1. The van der Waals surface area contributed by atoms with Gasteiger partial charge in [0.2, 0.25) is 0 Å². The average molecular weight is 292 g/mol. The first-order chi connectivity index (χ1) is 9.15. The van der Waals surface area contributed by atoms with Crippen molar-refractivity contribution in [2.45, 2.75) is 25.8 Å². The molecular weight excluding hydrogens is 277 g/mol. The number of benzene rings is 2. The maximum absolute atomic E-state index is 6.16. The predicted octanol–water partition coefficient (Wildman–Crippen LogP) is 5.40. The summed E-state index contributed by atoms with van der Waals surface area (Å²) in [5.74, 6) is 0. The van der Waals surface area contributed by atoms with Crippen molar-refractivity contribution < 1.29 is 0 Å². The van der Waals surface area contributed by atoms with E-state index in [2.05, 4.69) is 23.5 Å². The summed E-state index contributed by atoms with van der Waals surface area (Å²) < 4.78 is 0. The van der Waals surface area contributed by atoms with Gasteiger partial charge >= 0.3 is 0 Å². The molecule has 1 nitrogen and oxygen atoms in total. The highest BCUT2D eigenvalue weighted by molar-refractivity contribution is 6.31. The molecule has 19 heavy (non-hydrogen) atoms. The molecule has 0 amide bonds. The van der Waals surface area contributed by atoms with Gasteiger partial charge in [0.1, 0.15) is 0 Å². The van der Waals surface area contributed by atoms with E-state index in [0.717, 1.165) is 34.1 Å². The van der Waals surface area contributed by atoms with Crippen molar-refractivity contribution in [1.29, 1.82) is 0 Å². The summed E-state index contributed by atoms with van der Waals surface area (Å²) in [5.41, 5.74) is 4.92. The maximum atomic E-state index is 6.16. The van der Waals surface area contributed by atoms with Gasteiger partial charge in [-0.3, -0.25) is 0 Å². The second-order valence-electron chi connectivity index (χ2n) is 4.99. The molecule has 0 radical (unpaired) electrons. The fraction of sp³-hybridized carbons (Fsp3) is 0.250. The third kappa shape index (κ3) is 2.45. The average Bonchev–Trinajstić information content (AvgIpc) is 2.77. The van der Waals surface area contributed by atoms with E-state index < -0.39 is 0 Å². The van der Waals surface area contributed by atoms with Crippen molar-refractivity contribution in [3.63, 3.8) is 0 Å². The van der Waals surface area contributed by atoms with Gasteiger partial charge in [0.05, 0.1) is 6.04 Å². The zero-order valence-electron chi connectivity index (χ0n) is 10.7. The van der Waals surface area contributed by atoms with Gasteiger partial charge in [-0.1, -0.05) is 35.3 Å². The number of hydrogen-bond donors (Lipinski definition) is 1. The van der Waals surface area contributed by atoms with Crippen molar-refractivity contribution >= 4 is 28.9 Å². The zero-order valence-corrected chi connectivity index (χ0v) is 12.2. The van der Waals surface area contributed by atoms with E-state index in [9.17, 15) is 0 Å². The van der Waals surface area contributed by atoms with Crippen LogP contribution in [0.4, 0.5) is 5.69 Å². The van der Waals surface area contributed by atoms with E-state index in [1.807, 2.05) is 25.1 Å². The maximum Gasteiger partial charge on any atom is 0.0519 e. The smallest absolute Gasteiger partial charge is 0.0519 e. The normalized spacial score (nSPS) is 17.3. The Labute approximate surface area is 123 Å². The van der Waals surface area contributed by atoms with E-state index in [1.54, 1.807) is 0 Å². The lowest BCUT2D eigenvalue weighted by molar-refractivity contribution is 0.761. The largest absolute Gasteiger partial charge is 0.378 e. The van der Waals surface area contributed by atoms with Crippen LogP contribution in [-0.2, 0) is 6.42 Å². The number of hydrogen-bond acceptors (Lipinski definition) is 1. The van der Waals surface area contributed by atoms with Crippen molar-refractivity contribution in [1.82, 2.24) is 0 Å². The topological polar surface area (TPSA) is 12.0 Å². The highest BCUT2D eigenvalue weighted by Crippen LogP contribution is 2.36. The molecule has 2 aromatic carbocycles. The summed E-state index contributed by atoms with van der Waals surface area (Å²) >= 11 is 12.2. The first-order valence-corrected chi connectivity index (χ1v) is 7.21. The van der Waals surface area contributed by atoms with Crippen molar-refractivity contribution in [3.8, 4) is 0 Å². The van der Waals surface area contributed by atoms with Crippen LogP contribution in [0, 0.1) is 6.92 Å². The lowest BCUT2D eigenvalue weighted by atomic mass is 10.1. The number of rotatable bonds is 2. The van der Waals surface area contributed by atoms with Crippen LogP contribution in [0.5, 0.6) is 0 Å². The minimum Gasteiger partial charge on any atom is -0.378 e. The quantitative estimate of drug-likeness (QED) is 0.781. The van der Waals surface area contributed by atoms with Crippen LogP contribution in [0.15, 0.2) is 36.4 Å². The molecule has 98 valence electrons. The van der Waals surface area contributed by atoms with Crippen molar-refractivity contribution in [2.75, 3.05) is 5.32 Å². The van der Waals surface area contributed by atoms with Crippen molar-refractivity contribution in [2.24, 2.45) is 0 Å². The fourth-order valence-corrected chi connectivity index (χ4v) is 3.06. The Hall–Kier alpha value is -1.18. The molecule has 2 aromatic rings. The highest BCUT2D eigenvalue weighted by atomic mass is 35.5. The molecule has 0 saturated heterocycles. The lowest BCUT2D eigenvalue weighted by Crippen LogP contribution is -2.08. The van der Waals surface area contributed by atoms with Crippen LogP contribution in [0.2, 0.25) is 10.0 Å². The number of anilines is 1. The van der Waals surface area contributed by atoms with Crippen LogP contribution < -0.4 is 5.32 Å². The molecule has 0 aromatic heterocycles. The molecule has 1 atom stereocenters. The molecular formula is C16H15Cl2N. The van der Waals surface area contributed by atoms with E-state index in [4.69, 9.17) is 23.2 Å². The lowest BCUT2D eigenvalue weighted by Gasteiger charge is -2.18. The highest BCUT2D eigenvalue weighted by Gasteiger charge is 2.22. The minimum atomic E-state index is 0.351. The molecule has 0 bridgehead atoms. The van der Waals surface area contributed by atoms with Gasteiger partial charge < -0.3 is 5.32 Å². The predicted molar refractivity (Wildman–Crippen MR) is 82.3 cm³/mol. The van der Waals surface area contributed by atoms with Crippen LogP contribution >= 0.6 is 23.2 Å². The van der Waals surface area contributed by atoms with Gasteiger partial charge in [0, 0.05) is 15.7 Å². The molecule has 3 heteroatoms. The Morgan fingerprint density at radius 2 is 2.00 bits per heavy atom. The molecule has 1 N–H and O–H groups in total. The summed E-state index contributed by atoms with van der Waals surface area (Å²) in [6.07, 6.45) is 2.18. The molecule has 1 unspecified atom stereocenters. The van der Waals surface area contributed by atoms with E-state index in [-0.39, 0.29) is 0 Å². The summed E-state index contributed by atoms with van der Waals surface area (Å²) in [6.45, 7) is 2.04. The van der Waals surface area contributed by atoms with E-state index in [1.165, 1.54) is 11.1 Å². The summed E-state index contributed by atoms with van der Waals surface area (Å²) in [5, 5.41) is 5.22. The van der Waals surface area contributed by atoms with Crippen LogP contribution in [0.25, 0.3) is 0 Å². The van der Waals surface area contributed by atoms with Crippen molar-refractivity contribution in [3.05, 3.63) is 63.1 Å². The van der Waals surface area contributed by atoms with Gasteiger partial charge in [-0.15, -0.1) is 0 Å². The molecule has 1 aliphatic rings. The van der Waals surface area contributed by atoms with Gasteiger partial charge in [-0.2, -0.15) is 0 Å². The molecule has 1 aliphatic carbocycles. The fourth-order valence-electron chi connectivity index (χ4n) is 2.69. The molecule has 0 fully saturated rings. The van der Waals surface area contributed by atoms with Gasteiger partial charge in [-0.05, 0) is 60.7 Å². The first kappa shape index (κ1) is 12.8. The number of fused-ring (bicyclic) bond motifs is 1.